The molecule has 0 radical (unpaired) electrons. The summed E-state index contributed by atoms with van der Waals surface area (Å²) in [7, 11) is 0. The number of nitrogens with zero attached hydrogens (tertiary/aromatic N) is 1. The summed E-state index contributed by atoms with van der Waals surface area (Å²) in [5, 5.41) is 11.9. The minimum atomic E-state index is -1.18. The highest BCUT2D eigenvalue weighted by molar-refractivity contribution is 6.33. The molecule has 4 rings (SSSR count). The quantitative estimate of drug-likeness (QED) is 0.624. The fourth-order valence-corrected chi connectivity index (χ4v) is 3.44. The third-order valence-electron chi connectivity index (χ3n) is 4.82. The number of carbonyl (C=O) groups is 3. The monoisotopic (exact) mass is 436 g/mol. The summed E-state index contributed by atoms with van der Waals surface area (Å²) in [6, 6.07) is 18.4. The highest BCUT2D eigenvalue weighted by Gasteiger charge is 2.25. The highest BCUT2D eigenvalue weighted by atomic mass is 35.5. The first-order chi connectivity index (χ1) is 14.9. The van der Waals surface area contributed by atoms with Crippen LogP contribution in [0, 0.1) is 0 Å². The lowest BCUT2D eigenvalue weighted by molar-refractivity contribution is -0.121. The number of hydrogen-bond acceptors (Lipinski definition) is 4. The van der Waals surface area contributed by atoms with Gasteiger partial charge in [-0.05, 0) is 48.0 Å². The molecule has 0 aliphatic carbocycles. The molecule has 0 fully saturated rings. The molecule has 31 heavy (non-hydrogen) atoms. The molecule has 8 heteroatoms. The molecular weight excluding hydrogens is 420 g/mol. The van der Waals surface area contributed by atoms with Gasteiger partial charge in [0.1, 0.15) is 5.75 Å². The Morgan fingerprint density at radius 3 is 2.55 bits per heavy atom. The summed E-state index contributed by atoms with van der Waals surface area (Å²) in [5.74, 6) is -1.05. The number of carbonyl (C=O) groups excluding carboxylic acids is 2. The van der Waals surface area contributed by atoms with Gasteiger partial charge in [-0.25, -0.2) is 4.79 Å². The van der Waals surface area contributed by atoms with Crippen LogP contribution in [0.2, 0.25) is 5.02 Å². The first-order valence-electron chi connectivity index (χ1n) is 9.38. The first-order valence-corrected chi connectivity index (χ1v) is 9.75. The van der Waals surface area contributed by atoms with E-state index in [0.29, 0.717) is 29.2 Å². The maximum absolute atomic E-state index is 12.5. The van der Waals surface area contributed by atoms with Gasteiger partial charge in [-0.15, -0.1) is 0 Å². The van der Waals surface area contributed by atoms with Gasteiger partial charge in [0.2, 0.25) is 0 Å². The lowest BCUT2D eigenvalue weighted by atomic mass is 10.1. The molecule has 0 bridgehead atoms. The Labute approximate surface area is 182 Å². The molecule has 1 aliphatic rings. The van der Waals surface area contributed by atoms with Gasteiger partial charge in [0, 0.05) is 11.3 Å². The number of anilines is 2. The van der Waals surface area contributed by atoms with Crippen molar-refractivity contribution in [2.75, 3.05) is 16.8 Å². The van der Waals surface area contributed by atoms with Crippen molar-refractivity contribution in [1.82, 2.24) is 0 Å². The van der Waals surface area contributed by atoms with Crippen molar-refractivity contribution in [2.45, 2.75) is 6.54 Å². The van der Waals surface area contributed by atoms with Gasteiger partial charge >= 0.3 is 5.97 Å². The van der Waals surface area contributed by atoms with E-state index in [1.807, 2.05) is 24.3 Å². The van der Waals surface area contributed by atoms with Gasteiger partial charge in [-0.1, -0.05) is 35.9 Å². The SMILES string of the molecule is O=C(Nc1ccc(Cl)c(C(=O)O)c1)c1ccc(CN2C(=O)COc3ccccc32)cc1. The number of rotatable bonds is 5. The summed E-state index contributed by atoms with van der Waals surface area (Å²) in [6.45, 7) is 0.331. The second kappa shape index (κ2) is 8.49. The Hall–Kier alpha value is -3.84. The van der Waals surface area contributed by atoms with Crippen LogP contribution in [0.25, 0.3) is 0 Å². The van der Waals surface area contributed by atoms with Crippen LogP contribution in [0.1, 0.15) is 26.3 Å². The fraction of sp³-hybridized carbons (Fsp3) is 0.0870. The van der Waals surface area contributed by atoms with E-state index in [1.54, 1.807) is 29.2 Å². The average molecular weight is 437 g/mol. The van der Waals surface area contributed by atoms with Gasteiger partial charge in [0.25, 0.3) is 11.8 Å². The lowest BCUT2D eigenvalue weighted by Crippen LogP contribution is -2.38. The summed E-state index contributed by atoms with van der Waals surface area (Å²) >= 11 is 5.85. The number of carboxylic acid groups (broad SMARTS) is 1. The Bertz CT molecular complexity index is 1180. The molecule has 3 aromatic rings. The molecule has 0 saturated carbocycles. The van der Waals surface area contributed by atoms with E-state index in [1.165, 1.54) is 18.2 Å². The number of halogens is 1. The fourth-order valence-electron chi connectivity index (χ4n) is 3.24. The van der Waals surface area contributed by atoms with Crippen LogP contribution in [0.3, 0.4) is 0 Å². The van der Waals surface area contributed by atoms with Crippen molar-refractivity contribution >= 4 is 40.8 Å². The highest BCUT2D eigenvalue weighted by Crippen LogP contribution is 2.32. The Balaban J connectivity index is 1.47. The van der Waals surface area contributed by atoms with Crippen molar-refractivity contribution in [3.63, 3.8) is 0 Å². The largest absolute Gasteiger partial charge is 0.482 e. The summed E-state index contributed by atoms with van der Waals surface area (Å²) in [4.78, 5) is 37.7. The maximum Gasteiger partial charge on any atom is 0.337 e. The molecule has 156 valence electrons. The zero-order chi connectivity index (χ0) is 22.0. The van der Waals surface area contributed by atoms with Gasteiger partial charge in [-0.3, -0.25) is 9.59 Å². The topological polar surface area (TPSA) is 95.9 Å². The third kappa shape index (κ3) is 4.36. The molecule has 0 aromatic heterocycles. The molecule has 0 saturated heterocycles. The number of nitrogens with one attached hydrogen (secondary N) is 1. The van der Waals surface area contributed by atoms with E-state index >= 15 is 0 Å². The summed E-state index contributed by atoms with van der Waals surface area (Å²) in [5.41, 5.74) is 2.18. The van der Waals surface area contributed by atoms with E-state index in [4.69, 9.17) is 21.4 Å². The number of fused-ring (bicyclic) bond motifs is 1. The Kier molecular flexibility index (Phi) is 5.60. The van der Waals surface area contributed by atoms with Gasteiger partial charge in [0.05, 0.1) is 22.8 Å². The first kappa shape index (κ1) is 20.4. The zero-order valence-corrected chi connectivity index (χ0v) is 16.9. The molecule has 1 heterocycles. The van der Waals surface area contributed by atoms with Gasteiger partial charge in [0.15, 0.2) is 6.61 Å². The maximum atomic E-state index is 12.5. The smallest absolute Gasteiger partial charge is 0.337 e. The van der Waals surface area contributed by atoms with Crippen molar-refractivity contribution in [3.8, 4) is 5.75 Å². The molecule has 2 N–H and O–H groups in total. The van der Waals surface area contributed by atoms with Crippen LogP contribution in [-0.4, -0.2) is 29.5 Å². The molecule has 0 atom stereocenters. The predicted molar refractivity (Wildman–Crippen MR) is 116 cm³/mol. The summed E-state index contributed by atoms with van der Waals surface area (Å²) < 4.78 is 5.45. The molecule has 0 spiro atoms. The minimum Gasteiger partial charge on any atom is -0.482 e. The van der Waals surface area contributed by atoms with Crippen LogP contribution in [0.4, 0.5) is 11.4 Å². The van der Waals surface area contributed by atoms with Crippen molar-refractivity contribution in [2.24, 2.45) is 0 Å². The van der Waals surface area contributed by atoms with Crippen LogP contribution >= 0.6 is 11.6 Å². The molecule has 3 aromatic carbocycles. The number of hydrogen-bond donors (Lipinski definition) is 2. The van der Waals surface area contributed by atoms with Crippen molar-refractivity contribution in [1.29, 1.82) is 0 Å². The normalized spacial score (nSPS) is 12.7. The molecule has 2 amide bonds. The lowest BCUT2D eigenvalue weighted by Gasteiger charge is -2.29. The van der Waals surface area contributed by atoms with Gasteiger partial charge in [-0.2, -0.15) is 0 Å². The summed E-state index contributed by atoms with van der Waals surface area (Å²) in [6.07, 6.45) is 0. The van der Waals surface area contributed by atoms with E-state index in [2.05, 4.69) is 5.32 Å². The second-order valence-electron chi connectivity index (χ2n) is 6.89. The number of carboxylic acids is 1. The molecule has 7 nitrogen and oxygen atoms in total. The van der Waals surface area contributed by atoms with Crippen molar-refractivity contribution < 1.29 is 24.2 Å². The average Bonchev–Trinajstić information content (AvgIpc) is 2.77. The van der Waals surface area contributed by atoms with E-state index in [9.17, 15) is 14.4 Å². The number of benzene rings is 3. The molecule has 1 aliphatic heterocycles. The standard InChI is InChI=1S/C23H17ClN2O5/c24-18-10-9-16(11-17(18)23(29)30)25-22(28)15-7-5-14(6-8-15)12-26-19-3-1-2-4-20(19)31-13-21(26)27/h1-11H,12-13H2,(H,25,28)(H,29,30). The van der Waals surface area contributed by atoms with Crippen molar-refractivity contribution in [3.05, 3.63) is 88.4 Å². The number of ether oxygens (including phenoxy) is 1. The Morgan fingerprint density at radius 1 is 1.06 bits per heavy atom. The Morgan fingerprint density at radius 2 is 1.81 bits per heavy atom. The van der Waals surface area contributed by atoms with Crippen LogP contribution in [0.5, 0.6) is 5.75 Å². The van der Waals surface area contributed by atoms with E-state index in [-0.39, 0.29) is 23.1 Å². The molecule has 0 unspecified atom stereocenters. The zero-order valence-electron chi connectivity index (χ0n) is 16.2. The predicted octanol–water partition coefficient (Wildman–Crippen LogP) is 4.22. The van der Waals surface area contributed by atoms with Crippen LogP contribution in [-0.2, 0) is 11.3 Å². The molecular formula is C23H17ClN2O5. The number of aromatic carboxylic acids is 1. The minimum absolute atomic E-state index is 0.0169. The van der Waals surface area contributed by atoms with E-state index in [0.717, 1.165) is 5.56 Å². The second-order valence-corrected chi connectivity index (χ2v) is 7.29. The van der Waals surface area contributed by atoms with Gasteiger partial charge < -0.3 is 20.1 Å². The van der Waals surface area contributed by atoms with Crippen LogP contribution < -0.4 is 15.0 Å². The number of para-hydroxylation sites is 2. The number of amides is 2. The van der Waals surface area contributed by atoms with E-state index < -0.39 is 11.9 Å². The van der Waals surface area contributed by atoms with Crippen LogP contribution in [0.15, 0.2) is 66.7 Å². The third-order valence-corrected chi connectivity index (χ3v) is 5.15.